The first-order valence-corrected chi connectivity index (χ1v) is 8.31. The van der Waals surface area contributed by atoms with Crippen molar-refractivity contribution in [2.24, 2.45) is 5.92 Å². The van der Waals surface area contributed by atoms with Gasteiger partial charge in [0.1, 0.15) is 5.75 Å². The van der Waals surface area contributed by atoms with Crippen LogP contribution in [0.4, 0.5) is 5.69 Å². The number of hydrogen-bond donors (Lipinski definition) is 1. The number of hydrogen-bond acceptors (Lipinski definition) is 2. The van der Waals surface area contributed by atoms with Crippen molar-refractivity contribution in [2.75, 3.05) is 11.9 Å². The Kier molecular flexibility index (Phi) is 6.03. The Morgan fingerprint density at radius 3 is 2.80 bits per heavy atom. The molecule has 0 radical (unpaired) electrons. The minimum atomic E-state index is 0.552. The van der Waals surface area contributed by atoms with Crippen molar-refractivity contribution in [1.82, 2.24) is 0 Å². The summed E-state index contributed by atoms with van der Waals surface area (Å²) in [6.45, 7) is 5.16. The van der Waals surface area contributed by atoms with Crippen LogP contribution in [0.15, 0.2) is 18.2 Å². The summed E-state index contributed by atoms with van der Waals surface area (Å²) < 4.78 is 5.83. The molecule has 0 bridgehead atoms. The Hall–Kier alpha value is -0.890. The zero-order valence-electron chi connectivity index (χ0n) is 12.6. The van der Waals surface area contributed by atoms with E-state index in [-0.39, 0.29) is 0 Å². The molecule has 1 aliphatic carbocycles. The molecule has 0 heterocycles. The standard InChI is InChI=1S/C17H26ClNO/c1-3-11-20-17-10-9-14(18)12-16(17)19-15-8-6-5-7-13(15)4-2/h9-10,12-13,15,19H,3-8,11H2,1-2H3. The van der Waals surface area contributed by atoms with Crippen LogP contribution in [0, 0.1) is 5.92 Å². The summed E-state index contributed by atoms with van der Waals surface area (Å²) in [6, 6.07) is 6.42. The van der Waals surface area contributed by atoms with Crippen molar-refractivity contribution in [3.05, 3.63) is 23.2 Å². The molecule has 0 saturated heterocycles. The van der Waals surface area contributed by atoms with Gasteiger partial charge in [-0.05, 0) is 43.4 Å². The molecule has 1 N–H and O–H groups in total. The van der Waals surface area contributed by atoms with Crippen LogP contribution >= 0.6 is 11.6 Å². The van der Waals surface area contributed by atoms with E-state index in [2.05, 4.69) is 19.2 Å². The fourth-order valence-corrected chi connectivity index (χ4v) is 3.21. The zero-order chi connectivity index (χ0) is 14.4. The highest BCUT2D eigenvalue weighted by Gasteiger charge is 2.24. The van der Waals surface area contributed by atoms with Crippen molar-refractivity contribution >= 4 is 17.3 Å². The lowest BCUT2D eigenvalue weighted by molar-refractivity contribution is 0.307. The van der Waals surface area contributed by atoms with Gasteiger partial charge in [-0.15, -0.1) is 0 Å². The smallest absolute Gasteiger partial charge is 0.142 e. The van der Waals surface area contributed by atoms with Gasteiger partial charge in [0.2, 0.25) is 0 Å². The lowest BCUT2D eigenvalue weighted by Crippen LogP contribution is -2.31. The topological polar surface area (TPSA) is 21.3 Å². The number of benzene rings is 1. The summed E-state index contributed by atoms with van der Waals surface area (Å²) in [4.78, 5) is 0. The molecule has 2 unspecified atom stereocenters. The minimum Gasteiger partial charge on any atom is -0.491 e. The molecule has 0 aliphatic heterocycles. The highest BCUT2D eigenvalue weighted by atomic mass is 35.5. The lowest BCUT2D eigenvalue weighted by Gasteiger charge is -2.32. The average molecular weight is 296 g/mol. The van der Waals surface area contributed by atoms with Gasteiger partial charge in [-0.1, -0.05) is 44.7 Å². The molecule has 0 aromatic heterocycles. The molecule has 20 heavy (non-hydrogen) atoms. The fraction of sp³-hybridized carbons (Fsp3) is 0.647. The van der Waals surface area contributed by atoms with Gasteiger partial charge in [-0.2, -0.15) is 0 Å². The Morgan fingerprint density at radius 2 is 2.05 bits per heavy atom. The number of anilines is 1. The summed E-state index contributed by atoms with van der Waals surface area (Å²) in [5, 5.41) is 4.45. The van der Waals surface area contributed by atoms with Crippen LogP contribution in [0.1, 0.15) is 52.4 Å². The van der Waals surface area contributed by atoms with E-state index in [1.165, 1.54) is 32.1 Å². The Balaban J connectivity index is 2.11. The van der Waals surface area contributed by atoms with Crippen LogP contribution < -0.4 is 10.1 Å². The highest BCUT2D eigenvalue weighted by molar-refractivity contribution is 6.30. The van der Waals surface area contributed by atoms with E-state index < -0.39 is 0 Å². The summed E-state index contributed by atoms with van der Waals surface area (Å²) in [5.41, 5.74) is 1.05. The average Bonchev–Trinajstić information content (AvgIpc) is 2.47. The predicted octanol–water partition coefficient (Wildman–Crippen LogP) is 5.51. The molecule has 0 amide bonds. The quantitative estimate of drug-likeness (QED) is 0.747. The molecule has 1 aromatic rings. The van der Waals surface area contributed by atoms with E-state index in [4.69, 9.17) is 16.3 Å². The minimum absolute atomic E-state index is 0.552. The van der Waals surface area contributed by atoms with Crippen molar-refractivity contribution in [3.63, 3.8) is 0 Å². The van der Waals surface area contributed by atoms with E-state index in [1.54, 1.807) is 0 Å². The summed E-state index contributed by atoms with van der Waals surface area (Å²) in [6.07, 6.45) is 7.52. The third kappa shape index (κ3) is 4.05. The van der Waals surface area contributed by atoms with Crippen LogP contribution in [-0.2, 0) is 0 Å². The normalized spacial score (nSPS) is 22.6. The number of rotatable bonds is 6. The molecule has 2 nitrogen and oxygen atoms in total. The molecule has 1 aliphatic rings. The van der Waals surface area contributed by atoms with Gasteiger partial charge in [-0.25, -0.2) is 0 Å². The summed E-state index contributed by atoms with van der Waals surface area (Å²) in [5.74, 6) is 1.69. The van der Waals surface area contributed by atoms with Crippen molar-refractivity contribution in [3.8, 4) is 5.75 Å². The van der Waals surface area contributed by atoms with E-state index in [0.717, 1.165) is 35.4 Å². The maximum Gasteiger partial charge on any atom is 0.142 e. The SMILES string of the molecule is CCCOc1ccc(Cl)cc1NC1CCCCC1CC. The maximum atomic E-state index is 6.14. The predicted molar refractivity (Wildman–Crippen MR) is 86.9 cm³/mol. The van der Waals surface area contributed by atoms with E-state index >= 15 is 0 Å². The van der Waals surface area contributed by atoms with Crippen LogP contribution in [0.25, 0.3) is 0 Å². The molecular weight excluding hydrogens is 270 g/mol. The molecule has 2 atom stereocenters. The van der Waals surface area contributed by atoms with Crippen molar-refractivity contribution < 1.29 is 4.74 Å². The largest absolute Gasteiger partial charge is 0.491 e. The van der Waals surface area contributed by atoms with Crippen LogP contribution in [0.3, 0.4) is 0 Å². The second kappa shape index (κ2) is 7.78. The molecule has 3 heteroatoms. The van der Waals surface area contributed by atoms with Gasteiger partial charge >= 0.3 is 0 Å². The Morgan fingerprint density at radius 1 is 1.25 bits per heavy atom. The van der Waals surface area contributed by atoms with Gasteiger partial charge in [0.25, 0.3) is 0 Å². The van der Waals surface area contributed by atoms with Crippen LogP contribution in [0.2, 0.25) is 5.02 Å². The third-order valence-electron chi connectivity index (χ3n) is 4.18. The summed E-state index contributed by atoms with van der Waals surface area (Å²) in [7, 11) is 0. The highest BCUT2D eigenvalue weighted by Crippen LogP contribution is 2.34. The van der Waals surface area contributed by atoms with E-state index in [1.807, 2.05) is 18.2 Å². The molecule has 0 spiro atoms. The third-order valence-corrected chi connectivity index (χ3v) is 4.41. The van der Waals surface area contributed by atoms with Gasteiger partial charge in [-0.3, -0.25) is 0 Å². The zero-order valence-corrected chi connectivity index (χ0v) is 13.4. The Labute approximate surface area is 127 Å². The van der Waals surface area contributed by atoms with Gasteiger partial charge in [0.15, 0.2) is 0 Å². The lowest BCUT2D eigenvalue weighted by atomic mass is 9.83. The fourth-order valence-electron chi connectivity index (χ4n) is 3.04. The van der Waals surface area contributed by atoms with E-state index in [9.17, 15) is 0 Å². The first-order valence-electron chi connectivity index (χ1n) is 7.93. The number of halogens is 1. The van der Waals surface area contributed by atoms with Crippen molar-refractivity contribution in [2.45, 2.75) is 58.4 Å². The molecular formula is C17H26ClNO. The molecule has 1 saturated carbocycles. The number of ether oxygens (including phenoxy) is 1. The molecule has 1 aromatic carbocycles. The number of nitrogens with one attached hydrogen (secondary N) is 1. The second-order valence-corrected chi connectivity index (χ2v) is 6.13. The first kappa shape index (κ1) is 15.5. The van der Waals surface area contributed by atoms with Gasteiger partial charge < -0.3 is 10.1 Å². The summed E-state index contributed by atoms with van der Waals surface area (Å²) >= 11 is 6.14. The van der Waals surface area contributed by atoms with Crippen LogP contribution in [-0.4, -0.2) is 12.6 Å². The van der Waals surface area contributed by atoms with E-state index in [0.29, 0.717) is 6.04 Å². The monoisotopic (exact) mass is 295 g/mol. The van der Waals surface area contributed by atoms with Gasteiger partial charge in [0, 0.05) is 11.1 Å². The molecule has 112 valence electrons. The van der Waals surface area contributed by atoms with Crippen molar-refractivity contribution in [1.29, 1.82) is 0 Å². The second-order valence-electron chi connectivity index (χ2n) is 5.69. The Bertz CT molecular complexity index is 421. The van der Waals surface area contributed by atoms with Gasteiger partial charge in [0.05, 0.1) is 12.3 Å². The maximum absolute atomic E-state index is 6.14. The molecule has 2 rings (SSSR count). The first-order chi connectivity index (χ1) is 9.74. The van der Waals surface area contributed by atoms with Crippen LogP contribution in [0.5, 0.6) is 5.75 Å². The molecule has 1 fully saturated rings.